The molecule has 0 unspecified atom stereocenters. The standard InChI is InChI=1S/C21H18F3N3O3/c1-13-10-14-4-2-3-5-17(14)20(30)27(13)12-19(29)25-11-18(28)26-16-8-6-15(7-9-16)21(22,23)24/h2-10H,11-12H2,1H3,(H,25,29)(H,26,28). The van der Waals surface area contributed by atoms with Crippen LogP contribution in [0.3, 0.4) is 0 Å². The maximum Gasteiger partial charge on any atom is 0.416 e. The van der Waals surface area contributed by atoms with Crippen LogP contribution in [0.15, 0.2) is 59.4 Å². The van der Waals surface area contributed by atoms with Crippen LogP contribution in [0.1, 0.15) is 11.3 Å². The van der Waals surface area contributed by atoms with Gasteiger partial charge in [0.1, 0.15) is 6.54 Å². The summed E-state index contributed by atoms with van der Waals surface area (Å²) in [7, 11) is 0. The first kappa shape index (κ1) is 21.1. The number of anilines is 1. The highest BCUT2D eigenvalue weighted by molar-refractivity contribution is 5.94. The molecule has 6 nitrogen and oxygen atoms in total. The van der Waals surface area contributed by atoms with E-state index in [4.69, 9.17) is 0 Å². The minimum absolute atomic E-state index is 0.170. The Kier molecular flexibility index (Phi) is 5.91. The van der Waals surface area contributed by atoms with E-state index in [2.05, 4.69) is 10.6 Å². The number of rotatable bonds is 5. The summed E-state index contributed by atoms with van der Waals surface area (Å²) in [6, 6.07) is 12.8. The van der Waals surface area contributed by atoms with Crippen molar-refractivity contribution in [2.45, 2.75) is 19.6 Å². The Balaban J connectivity index is 1.59. The largest absolute Gasteiger partial charge is 0.416 e. The second-order valence-corrected chi connectivity index (χ2v) is 6.66. The van der Waals surface area contributed by atoms with E-state index in [1.54, 1.807) is 31.2 Å². The SMILES string of the molecule is Cc1cc2ccccc2c(=O)n1CC(=O)NCC(=O)Nc1ccc(C(F)(F)F)cc1. The van der Waals surface area contributed by atoms with Gasteiger partial charge in [0.25, 0.3) is 5.56 Å². The predicted octanol–water partition coefficient (Wildman–Crippen LogP) is 3.08. The maximum absolute atomic E-state index is 12.6. The van der Waals surface area contributed by atoms with Crippen molar-refractivity contribution < 1.29 is 22.8 Å². The number of nitrogens with zero attached hydrogens (tertiary/aromatic N) is 1. The number of alkyl halides is 3. The first-order valence-corrected chi connectivity index (χ1v) is 8.98. The van der Waals surface area contributed by atoms with E-state index in [1.807, 2.05) is 6.07 Å². The van der Waals surface area contributed by atoms with E-state index >= 15 is 0 Å². The van der Waals surface area contributed by atoms with Crippen molar-refractivity contribution >= 4 is 28.3 Å². The van der Waals surface area contributed by atoms with Crippen LogP contribution in [0.25, 0.3) is 10.8 Å². The van der Waals surface area contributed by atoms with Gasteiger partial charge in [-0.05, 0) is 48.7 Å². The van der Waals surface area contributed by atoms with Gasteiger partial charge in [-0.1, -0.05) is 18.2 Å². The monoisotopic (exact) mass is 417 g/mol. The smallest absolute Gasteiger partial charge is 0.345 e. The molecule has 0 saturated heterocycles. The number of pyridine rings is 1. The maximum atomic E-state index is 12.6. The summed E-state index contributed by atoms with van der Waals surface area (Å²) in [6.45, 7) is 1.06. The molecule has 0 spiro atoms. The Labute approximate surface area is 169 Å². The number of hydrogen-bond acceptors (Lipinski definition) is 3. The van der Waals surface area contributed by atoms with Gasteiger partial charge in [-0.2, -0.15) is 13.2 Å². The van der Waals surface area contributed by atoms with Crippen LogP contribution in [0.2, 0.25) is 0 Å². The number of hydrogen-bond donors (Lipinski definition) is 2. The van der Waals surface area contributed by atoms with E-state index in [9.17, 15) is 27.6 Å². The van der Waals surface area contributed by atoms with Crippen molar-refractivity contribution in [1.82, 2.24) is 9.88 Å². The predicted molar refractivity (Wildman–Crippen MR) is 106 cm³/mol. The minimum Gasteiger partial charge on any atom is -0.345 e. The number of halogens is 3. The lowest BCUT2D eigenvalue weighted by molar-refractivity contribution is -0.137. The normalized spacial score (nSPS) is 11.3. The molecule has 2 aromatic carbocycles. The minimum atomic E-state index is -4.46. The fourth-order valence-corrected chi connectivity index (χ4v) is 2.95. The van der Waals surface area contributed by atoms with Gasteiger partial charge in [-0.3, -0.25) is 14.4 Å². The van der Waals surface area contributed by atoms with Crippen LogP contribution < -0.4 is 16.2 Å². The molecule has 30 heavy (non-hydrogen) atoms. The number of carbonyl (C=O) groups is 2. The Bertz CT molecular complexity index is 1150. The zero-order valence-corrected chi connectivity index (χ0v) is 15.9. The van der Waals surface area contributed by atoms with Crippen LogP contribution in [-0.4, -0.2) is 22.9 Å². The summed E-state index contributed by atoms with van der Waals surface area (Å²) in [5.74, 6) is -1.15. The number of fused-ring (bicyclic) bond motifs is 1. The highest BCUT2D eigenvalue weighted by Gasteiger charge is 2.30. The van der Waals surface area contributed by atoms with Gasteiger partial charge >= 0.3 is 6.18 Å². The fraction of sp³-hybridized carbons (Fsp3) is 0.190. The lowest BCUT2D eigenvalue weighted by atomic mass is 10.1. The van der Waals surface area contributed by atoms with Crippen molar-refractivity contribution in [2.75, 3.05) is 11.9 Å². The highest BCUT2D eigenvalue weighted by atomic mass is 19.4. The summed E-state index contributed by atoms with van der Waals surface area (Å²) >= 11 is 0. The van der Waals surface area contributed by atoms with Crippen LogP contribution in [0.4, 0.5) is 18.9 Å². The van der Waals surface area contributed by atoms with Crippen molar-refractivity contribution in [2.24, 2.45) is 0 Å². The van der Waals surface area contributed by atoms with E-state index < -0.39 is 23.6 Å². The van der Waals surface area contributed by atoms with E-state index in [1.165, 1.54) is 4.57 Å². The third kappa shape index (κ3) is 4.86. The van der Waals surface area contributed by atoms with Crippen molar-refractivity contribution in [3.63, 3.8) is 0 Å². The molecule has 156 valence electrons. The van der Waals surface area contributed by atoms with Gasteiger partial charge in [0.15, 0.2) is 0 Å². The Morgan fingerprint density at radius 1 is 1.00 bits per heavy atom. The molecule has 2 amide bonds. The summed E-state index contributed by atoms with van der Waals surface area (Å²) in [5, 5.41) is 6.05. The number of aromatic nitrogens is 1. The van der Waals surface area contributed by atoms with Gasteiger partial charge in [-0.15, -0.1) is 0 Å². The molecule has 2 N–H and O–H groups in total. The topological polar surface area (TPSA) is 80.2 Å². The van der Waals surface area contributed by atoms with Gasteiger partial charge in [0.2, 0.25) is 11.8 Å². The Morgan fingerprint density at radius 3 is 2.33 bits per heavy atom. The second kappa shape index (κ2) is 8.40. The summed E-state index contributed by atoms with van der Waals surface area (Å²) in [4.78, 5) is 36.7. The average Bonchev–Trinajstić information content (AvgIpc) is 2.69. The zero-order chi connectivity index (χ0) is 21.9. The number of carbonyl (C=O) groups excluding carboxylic acids is 2. The number of nitrogens with one attached hydrogen (secondary N) is 2. The Morgan fingerprint density at radius 2 is 1.67 bits per heavy atom. The van der Waals surface area contributed by atoms with E-state index in [-0.39, 0.29) is 24.3 Å². The van der Waals surface area contributed by atoms with Crippen LogP contribution >= 0.6 is 0 Å². The number of amides is 2. The lowest BCUT2D eigenvalue weighted by Crippen LogP contribution is -2.37. The average molecular weight is 417 g/mol. The molecule has 9 heteroatoms. The molecular formula is C21H18F3N3O3. The summed E-state index contributed by atoms with van der Waals surface area (Å²) < 4.78 is 39.0. The van der Waals surface area contributed by atoms with Crippen molar-refractivity contribution in [3.05, 3.63) is 76.2 Å². The molecular weight excluding hydrogens is 399 g/mol. The molecule has 0 bridgehead atoms. The molecule has 0 saturated carbocycles. The highest BCUT2D eigenvalue weighted by Crippen LogP contribution is 2.29. The third-order valence-corrected chi connectivity index (χ3v) is 4.47. The molecule has 3 aromatic rings. The van der Waals surface area contributed by atoms with Gasteiger partial charge in [0.05, 0.1) is 12.1 Å². The zero-order valence-electron chi connectivity index (χ0n) is 15.9. The van der Waals surface area contributed by atoms with Crippen LogP contribution in [-0.2, 0) is 22.3 Å². The van der Waals surface area contributed by atoms with Gasteiger partial charge < -0.3 is 15.2 Å². The molecule has 0 radical (unpaired) electrons. The summed E-state index contributed by atoms with van der Waals surface area (Å²) in [6.07, 6.45) is -4.46. The third-order valence-electron chi connectivity index (χ3n) is 4.47. The number of benzene rings is 2. The molecule has 0 fully saturated rings. The van der Waals surface area contributed by atoms with Gasteiger partial charge in [-0.25, -0.2) is 0 Å². The van der Waals surface area contributed by atoms with E-state index in [0.717, 1.165) is 29.7 Å². The first-order chi connectivity index (χ1) is 14.1. The van der Waals surface area contributed by atoms with Crippen molar-refractivity contribution in [3.8, 4) is 0 Å². The van der Waals surface area contributed by atoms with Crippen molar-refractivity contribution in [1.29, 1.82) is 0 Å². The van der Waals surface area contributed by atoms with Crippen LogP contribution in [0.5, 0.6) is 0 Å². The summed E-state index contributed by atoms with van der Waals surface area (Å²) in [5.41, 5.74) is -0.369. The first-order valence-electron chi connectivity index (χ1n) is 8.98. The molecule has 0 aliphatic heterocycles. The molecule has 1 heterocycles. The number of aryl methyl sites for hydroxylation is 1. The fourth-order valence-electron chi connectivity index (χ4n) is 2.95. The lowest BCUT2D eigenvalue weighted by Gasteiger charge is -2.12. The molecule has 3 rings (SSSR count). The van der Waals surface area contributed by atoms with E-state index in [0.29, 0.717) is 11.1 Å². The second-order valence-electron chi connectivity index (χ2n) is 6.66. The quantitative estimate of drug-likeness (QED) is 0.670. The molecule has 0 aliphatic carbocycles. The molecule has 0 atom stereocenters. The van der Waals surface area contributed by atoms with Gasteiger partial charge in [0, 0.05) is 16.8 Å². The van der Waals surface area contributed by atoms with Crippen LogP contribution in [0, 0.1) is 6.92 Å². The molecule has 0 aliphatic rings. The molecule has 1 aromatic heterocycles. The Hall–Kier alpha value is -3.62.